The van der Waals surface area contributed by atoms with Gasteiger partial charge in [-0.25, -0.2) is 14.8 Å². The number of aryl methyl sites for hydroxylation is 1. The molecule has 3 N–H and O–H groups in total. The average molecular weight is 404 g/mol. The number of rotatable bonds is 6. The molecule has 0 spiro atoms. The highest BCUT2D eigenvalue weighted by Crippen LogP contribution is 2.22. The van der Waals surface area contributed by atoms with Crippen molar-refractivity contribution in [2.45, 2.75) is 32.7 Å². The summed E-state index contributed by atoms with van der Waals surface area (Å²) >= 11 is 3.31. The zero-order valence-corrected chi connectivity index (χ0v) is 15.3. The molecule has 9 heteroatoms. The van der Waals surface area contributed by atoms with Crippen LogP contribution in [0.1, 0.15) is 31.7 Å². The van der Waals surface area contributed by atoms with Crippen LogP contribution in [0.2, 0.25) is 0 Å². The van der Waals surface area contributed by atoms with Crippen LogP contribution in [-0.2, 0) is 6.54 Å². The number of pyridine rings is 1. The first-order valence-electron chi connectivity index (χ1n) is 8.00. The van der Waals surface area contributed by atoms with Gasteiger partial charge in [0.05, 0.1) is 0 Å². The summed E-state index contributed by atoms with van der Waals surface area (Å²) in [7, 11) is 0. The number of fused-ring (bicyclic) bond motifs is 1. The number of nitrogens with two attached hydrogens (primary N) is 1. The zero-order chi connectivity index (χ0) is 17.8. The maximum absolute atomic E-state index is 12.4. The van der Waals surface area contributed by atoms with Crippen LogP contribution in [-0.4, -0.2) is 30.3 Å². The predicted molar refractivity (Wildman–Crippen MR) is 100.0 cm³/mol. The van der Waals surface area contributed by atoms with Crippen molar-refractivity contribution in [3.63, 3.8) is 0 Å². The quantitative estimate of drug-likeness (QED) is 0.284. The molecule has 0 unspecified atom stereocenters. The molecule has 0 saturated carbocycles. The van der Waals surface area contributed by atoms with Gasteiger partial charge in [-0.1, -0.05) is 19.8 Å². The summed E-state index contributed by atoms with van der Waals surface area (Å²) in [6, 6.07) is 3.55. The lowest BCUT2D eigenvalue weighted by Crippen LogP contribution is -2.24. The van der Waals surface area contributed by atoms with Crippen molar-refractivity contribution in [1.82, 2.24) is 24.5 Å². The fourth-order valence-corrected chi connectivity index (χ4v) is 2.85. The Hall–Kier alpha value is -2.55. The molecular weight excluding hydrogens is 386 g/mol. The molecule has 0 fully saturated rings. The molecule has 0 aliphatic rings. The first kappa shape index (κ1) is 17.3. The summed E-state index contributed by atoms with van der Waals surface area (Å²) < 4.78 is 2.07. The van der Waals surface area contributed by atoms with E-state index >= 15 is 0 Å². The third kappa shape index (κ3) is 3.76. The molecule has 0 aliphatic carbocycles. The Kier molecular flexibility index (Phi) is 5.22. The van der Waals surface area contributed by atoms with E-state index in [1.165, 1.54) is 0 Å². The van der Waals surface area contributed by atoms with Crippen LogP contribution in [0, 0.1) is 0 Å². The van der Waals surface area contributed by atoms with Gasteiger partial charge < -0.3 is 10.7 Å². The van der Waals surface area contributed by atoms with Crippen molar-refractivity contribution in [1.29, 1.82) is 0 Å². The number of H-pyrrole nitrogens is 1. The van der Waals surface area contributed by atoms with Gasteiger partial charge in [-0.3, -0.25) is 9.55 Å². The molecule has 3 aromatic heterocycles. The van der Waals surface area contributed by atoms with Crippen LogP contribution in [0.15, 0.2) is 39.0 Å². The third-order valence-corrected chi connectivity index (χ3v) is 4.11. The number of hydrogen-bond acceptors (Lipinski definition) is 5. The van der Waals surface area contributed by atoms with E-state index < -0.39 is 0 Å². The highest BCUT2D eigenvalue weighted by molar-refractivity contribution is 9.10. The van der Waals surface area contributed by atoms with Gasteiger partial charge in [0.25, 0.3) is 0 Å². The van der Waals surface area contributed by atoms with E-state index in [-0.39, 0.29) is 17.3 Å². The largest absolute Gasteiger partial charge is 0.383 e. The van der Waals surface area contributed by atoms with Crippen LogP contribution in [0.5, 0.6) is 0 Å². The second kappa shape index (κ2) is 7.56. The van der Waals surface area contributed by atoms with E-state index in [9.17, 15) is 4.79 Å². The van der Waals surface area contributed by atoms with E-state index in [2.05, 4.69) is 47.8 Å². The molecule has 3 aromatic rings. The van der Waals surface area contributed by atoms with Gasteiger partial charge in [-0.05, 0) is 34.5 Å². The molecule has 25 heavy (non-hydrogen) atoms. The standard InChI is InChI=1S/C16H18BrN7O/c1-2-3-4-8-24-14-11(20-15(17)23-14)13(22-16(24)25)21-12(18)10-6-5-7-19-9-10/h5-7,9H,2-4,8H2,1H3,(H,20,23)(H2,18,21,22,25). The second-order valence-corrected chi connectivity index (χ2v) is 6.29. The Balaban J connectivity index is 2.08. The molecule has 8 nitrogen and oxygen atoms in total. The van der Waals surface area contributed by atoms with E-state index in [1.807, 2.05) is 0 Å². The number of hydrogen-bond donors (Lipinski definition) is 2. The maximum atomic E-state index is 12.4. The van der Waals surface area contributed by atoms with Gasteiger partial charge in [0.2, 0.25) is 0 Å². The summed E-state index contributed by atoms with van der Waals surface area (Å²) in [4.78, 5) is 32.2. The number of aromatic amines is 1. The highest BCUT2D eigenvalue weighted by Gasteiger charge is 2.15. The summed E-state index contributed by atoms with van der Waals surface area (Å²) in [5.74, 6) is 0.446. The van der Waals surface area contributed by atoms with E-state index in [0.717, 1.165) is 19.3 Å². The predicted octanol–water partition coefficient (Wildman–Crippen LogP) is 2.50. The van der Waals surface area contributed by atoms with Crippen LogP contribution in [0.3, 0.4) is 0 Å². The van der Waals surface area contributed by atoms with Crippen molar-refractivity contribution in [3.8, 4) is 0 Å². The molecule has 0 amide bonds. The van der Waals surface area contributed by atoms with Gasteiger partial charge in [-0.15, -0.1) is 0 Å². The fraction of sp³-hybridized carbons (Fsp3) is 0.312. The molecule has 3 heterocycles. The Labute approximate surface area is 152 Å². The van der Waals surface area contributed by atoms with Crippen molar-refractivity contribution in [3.05, 3.63) is 45.3 Å². The molecule has 0 bridgehead atoms. The molecule has 0 atom stereocenters. The highest BCUT2D eigenvalue weighted by atomic mass is 79.9. The van der Waals surface area contributed by atoms with Crippen molar-refractivity contribution in [2.24, 2.45) is 10.7 Å². The van der Waals surface area contributed by atoms with Crippen LogP contribution < -0.4 is 11.4 Å². The van der Waals surface area contributed by atoms with E-state index in [1.54, 1.807) is 29.1 Å². The zero-order valence-electron chi connectivity index (χ0n) is 13.7. The summed E-state index contributed by atoms with van der Waals surface area (Å²) in [5.41, 5.74) is 7.37. The summed E-state index contributed by atoms with van der Waals surface area (Å²) in [5, 5.41) is 0. The minimum atomic E-state index is -0.389. The number of nitrogens with zero attached hydrogens (tertiary/aromatic N) is 5. The monoisotopic (exact) mass is 403 g/mol. The van der Waals surface area contributed by atoms with Crippen molar-refractivity contribution < 1.29 is 0 Å². The first-order chi connectivity index (χ1) is 12.1. The number of imidazole rings is 1. The number of aliphatic imine (C=N–C) groups is 1. The van der Waals surface area contributed by atoms with Gasteiger partial charge in [0.15, 0.2) is 16.2 Å². The number of amidine groups is 1. The van der Waals surface area contributed by atoms with Gasteiger partial charge in [0, 0.05) is 24.5 Å². The summed E-state index contributed by atoms with van der Waals surface area (Å²) in [6.07, 6.45) is 6.24. The lowest BCUT2D eigenvalue weighted by atomic mass is 10.2. The normalized spacial score (nSPS) is 12.0. The maximum Gasteiger partial charge on any atom is 0.351 e. The van der Waals surface area contributed by atoms with Crippen LogP contribution >= 0.6 is 15.9 Å². The first-order valence-corrected chi connectivity index (χ1v) is 8.80. The smallest absolute Gasteiger partial charge is 0.351 e. The Morgan fingerprint density at radius 3 is 2.96 bits per heavy atom. The minimum absolute atomic E-state index is 0.214. The van der Waals surface area contributed by atoms with Crippen LogP contribution in [0.25, 0.3) is 11.2 Å². The summed E-state index contributed by atoms with van der Waals surface area (Å²) in [6.45, 7) is 2.68. The molecule has 0 radical (unpaired) electrons. The van der Waals surface area contributed by atoms with Gasteiger partial charge in [0.1, 0.15) is 11.4 Å². The van der Waals surface area contributed by atoms with E-state index in [0.29, 0.717) is 28.0 Å². The SMILES string of the molecule is CCCCCn1c(=O)nc(N=C(N)c2cccnc2)c2[nH]c(Br)nc21. The number of unbranched alkanes of at least 4 members (excludes halogenated alkanes) is 2. The number of halogens is 1. The van der Waals surface area contributed by atoms with Crippen LogP contribution in [0.4, 0.5) is 5.82 Å². The fourth-order valence-electron chi connectivity index (χ4n) is 2.48. The topological polar surface area (TPSA) is 115 Å². The number of nitrogens with one attached hydrogen (secondary N) is 1. The second-order valence-electron chi connectivity index (χ2n) is 5.54. The molecule has 0 aliphatic heterocycles. The van der Waals surface area contributed by atoms with Gasteiger partial charge >= 0.3 is 5.69 Å². The average Bonchev–Trinajstić information content (AvgIpc) is 3.00. The molecule has 0 aromatic carbocycles. The minimum Gasteiger partial charge on any atom is -0.383 e. The van der Waals surface area contributed by atoms with Crippen molar-refractivity contribution >= 4 is 38.7 Å². The lowest BCUT2D eigenvalue weighted by molar-refractivity contribution is 0.590. The Morgan fingerprint density at radius 1 is 1.40 bits per heavy atom. The Morgan fingerprint density at radius 2 is 2.24 bits per heavy atom. The lowest BCUT2D eigenvalue weighted by Gasteiger charge is -2.07. The number of aromatic nitrogens is 5. The molecule has 0 saturated heterocycles. The molecular formula is C16H18BrN7O. The van der Waals surface area contributed by atoms with Crippen molar-refractivity contribution in [2.75, 3.05) is 0 Å². The third-order valence-electron chi connectivity index (χ3n) is 3.74. The molecule has 130 valence electrons. The van der Waals surface area contributed by atoms with Gasteiger partial charge in [-0.2, -0.15) is 4.98 Å². The Bertz CT molecular complexity index is 962. The van der Waals surface area contributed by atoms with E-state index in [4.69, 9.17) is 5.73 Å². The molecule has 3 rings (SSSR count).